The third-order valence-electron chi connectivity index (χ3n) is 4.11. The van der Waals surface area contributed by atoms with Gasteiger partial charge in [-0.15, -0.1) is 0 Å². The van der Waals surface area contributed by atoms with Crippen molar-refractivity contribution in [2.24, 2.45) is 5.73 Å². The van der Waals surface area contributed by atoms with Gasteiger partial charge >= 0.3 is 0 Å². The van der Waals surface area contributed by atoms with E-state index in [1.54, 1.807) is 0 Å². The Bertz CT molecular complexity index is 379. The third-order valence-corrected chi connectivity index (χ3v) is 4.11. The van der Waals surface area contributed by atoms with Gasteiger partial charge in [0.2, 0.25) is 0 Å². The summed E-state index contributed by atoms with van der Waals surface area (Å²) in [7, 11) is 0. The number of hydrogen-bond donors (Lipinski definition) is 2. The highest BCUT2D eigenvalue weighted by molar-refractivity contribution is 5.10. The molecular weight excluding hydrogens is 238 g/mol. The molecule has 0 aliphatic carbocycles. The second-order valence-corrected chi connectivity index (χ2v) is 5.58. The first-order valence-electron chi connectivity index (χ1n) is 7.42. The van der Waals surface area contributed by atoms with E-state index in [0.29, 0.717) is 18.6 Å². The number of nitrogens with zero attached hydrogens (tertiary/aromatic N) is 3. The second kappa shape index (κ2) is 6.50. The maximum absolute atomic E-state index is 5.94. The molecule has 5 nitrogen and oxygen atoms in total. The minimum absolute atomic E-state index is 0.156. The highest BCUT2D eigenvalue weighted by Crippen LogP contribution is 2.22. The molecule has 108 valence electrons. The summed E-state index contributed by atoms with van der Waals surface area (Å²) in [6.45, 7) is 8.15. The summed E-state index contributed by atoms with van der Waals surface area (Å²) in [4.78, 5) is 0. The molecular formula is C14H27N5. The SMILES string of the molecule is CCn1cc(C(CN)NN2C(C)CCCC2C)cn1. The molecule has 0 spiro atoms. The second-order valence-electron chi connectivity index (χ2n) is 5.58. The fourth-order valence-electron chi connectivity index (χ4n) is 2.85. The van der Waals surface area contributed by atoms with Gasteiger partial charge in [-0.05, 0) is 33.6 Å². The van der Waals surface area contributed by atoms with Crippen molar-refractivity contribution in [3.05, 3.63) is 18.0 Å². The quantitative estimate of drug-likeness (QED) is 0.850. The van der Waals surface area contributed by atoms with E-state index < -0.39 is 0 Å². The highest BCUT2D eigenvalue weighted by Gasteiger charge is 2.27. The molecule has 0 radical (unpaired) electrons. The number of nitrogens with one attached hydrogen (secondary N) is 1. The molecule has 2 rings (SSSR count). The average molecular weight is 265 g/mol. The molecule has 1 aliphatic rings. The van der Waals surface area contributed by atoms with Gasteiger partial charge in [-0.1, -0.05) is 6.42 Å². The van der Waals surface area contributed by atoms with Gasteiger partial charge < -0.3 is 5.73 Å². The molecule has 3 N–H and O–H groups in total. The zero-order chi connectivity index (χ0) is 13.8. The van der Waals surface area contributed by atoms with Crippen molar-refractivity contribution >= 4 is 0 Å². The van der Waals surface area contributed by atoms with Gasteiger partial charge in [0, 0.05) is 36.9 Å². The first-order chi connectivity index (χ1) is 9.15. The zero-order valence-electron chi connectivity index (χ0n) is 12.3. The van der Waals surface area contributed by atoms with Crippen LogP contribution in [0.1, 0.15) is 51.6 Å². The fraction of sp³-hybridized carbons (Fsp3) is 0.786. The Morgan fingerprint density at radius 2 is 2.11 bits per heavy atom. The van der Waals surface area contributed by atoms with Crippen molar-refractivity contribution in [2.45, 2.75) is 64.7 Å². The standard InChI is InChI=1S/C14H27N5/c1-4-18-10-13(9-16-18)14(8-15)17-19-11(2)6-5-7-12(19)3/h9-12,14,17H,4-8,15H2,1-3H3. The van der Waals surface area contributed by atoms with Crippen molar-refractivity contribution in [3.63, 3.8) is 0 Å². The van der Waals surface area contributed by atoms with Gasteiger partial charge in [-0.3, -0.25) is 4.68 Å². The lowest BCUT2D eigenvalue weighted by atomic mass is 9.99. The van der Waals surface area contributed by atoms with Crippen LogP contribution in [0.3, 0.4) is 0 Å². The Balaban J connectivity index is 2.05. The molecule has 5 heteroatoms. The molecule has 1 saturated heterocycles. The molecule has 1 fully saturated rings. The topological polar surface area (TPSA) is 59.1 Å². The number of aryl methyl sites for hydroxylation is 1. The highest BCUT2D eigenvalue weighted by atomic mass is 15.5. The number of aromatic nitrogens is 2. The third kappa shape index (κ3) is 3.35. The maximum atomic E-state index is 5.94. The van der Waals surface area contributed by atoms with Crippen LogP contribution in [0.15, 0.2) is 12.4 Å². The van der Waals surface area contributed by atoms with Crippen LogP contribution in [-0.2, 0) is 6.54 Å². The largest absolute Gasteiger partial charge is 0.329 e. The summed E-state index contributed by atoms with van der Waals surface area (Å²) in [6.07, 6.45) is 7.84. The summed E-state index contributed by atoms with van der Waals surface area (Å²) in [5.74, 6) is 0. The van der Waals surface area contributed by atoms with E-state index >= 15 is 0 Å². The van der Waals surface area contributed by atoms with Crippen LogP contribution >= 0.6 is 0 Å². The molecule has 1 aromatic heterocycles. The Morgan fingerprint density at radius 1 is 1.42 bits per heavy atom. The lowest BCUT2D eigenvalue weighted by molar-refractivity contribution is 0.0304. The molecule has 0 aromatic carbocycles. The Morgan fingerprint density at radius 3 is 2.63 bits per heavy atom. The Kier molecular flexibility index (Phi) is 4.96. The summed E-state index contributed by atoms with van der Waals surface area (Å²) < 4.78 is 1.95. The minimum Gasteiger partial charge on any atom is -0.329 e. The van der Waals surface area contributed by atoms with Crippen molar-refractivity contribution < 1.29 is 0 Å². The van der Waals surface area contributed by atoms with Crippen molar-refractivity contribution in [1.82, 2.24) is 20.2 Å². The van der Waals surface area contributed by atoms with E-state index in [9.17, 15) is 0 Å². The summed E-state index contributed by atoms with van der Waals surface area (Å²) in [6, 6.07) is 1.29. The van der Waals surface area contributed by atoms with Crippen LogP contribution in [0, 0.1) is 0 Å². The van der Waals surface area contributed by atoms with Crippen molar-refractivity contribution in [2.75, 3.05) is 6.54 Å². The van der Waals surface area contributed by atoms with E-state index in [1.807, 2.05) is 10.9 Å². The van der Waals surface area contributed by atoms with Gasteiger partial charge in [-0.2, -0.15) is 5.10 Å². The summed E-state index contributed by atoms with van der Waals surface area (Å²) in [5, 5.41) is 6.72. The lowest BCUT2D eigenvalue weighted by Crippen LogP contribution is -2.54. The minimum atomic E-state index is 0.156. The molecule has 1 aromatic rings. The van der Waals surface area contributed by atoms with Crippen LogP contribution in [0.5, 0.6) is 0 Å². The van der Waals surface area contributed by atoms with Gasteiger partial charge in [0.15, 0.2) is 0 Å². The average Bonchev–Trinajstić information content (AvgIpc) is 2.87. The summed E-state index contributed by atoms with van der Waals surface area (Å²) in [5.41, 5.74) is 10.7. The normalized spacial score (nSPS) is 26.5. The molecule has 3 unspecified atom stereocenters. The van der Waals surface area contributed by atoms with Crippen LogP contribution < -0.4 is 11.2 Å². The Labute approximate surface area is 116 Å². The predicted octanol–water partition coefficient (Wildman–Crippen LogP) is 1.67. The van der Waals surface area contributed by atoms with Crippen LogP contribution in [0.25, 0.3) is 0 Å². The first kappa shape index (κ1) is 14.5. The predicted molar refractivity (Wildman–Crippen MR) is 77.4 cm³/mol. The number of piperidine rings is 1. The van der Waals surface area contributed by atoms with E-state index in [2.05, 4.69) is 42.5 Å². The number of nitrogens with two attached hydrogens (primary N) is 1. The summed E-state index contributed by atoms with van der Waals surface area (Å²) >= 11 is 0. The van der Waals surface area contributed by atoms with Crippen molar-refractivity contribution in [3.8, 4) is 0 Å². The zero-order valence-corrected chi connectivity index (χ0v) is 12.3. The molecule has 3 atom stereocenters. The van der Waals surface area contributed by atoms with Crippen LogP contribution in [-0.4, -0.2) is 33.4 Å². The lowest BCUT2D eigenvalue weighted by Gasteiger charge is -2.41. The number of hydrazine groups is 1. The van der Waals surface area contributed by atoms with Gasteiger partial charge in [0.1, 0.15) is 0 Å². The molecule has 2 heterocycles. The van der Waals surface area contributed by atoms with Crippen LogP contribution in [0.4, 0.5) is 0 Å². The van der Waals surface area contributed by atoms with E-state index in [1.165, 1.54) is 24.8 Å². The van der Waals surface area contributed by atoms with Gasteiger partial charge in [0.05, 0.1) is 12.2 Å². The first-order valence-corrected chi connectivity index (χ1v) is 7.42. The van der Waals surface area contributed by atoms with Gasteiger partial charge in [-0.25, -0.2) is 10.4 Å². The maximum Gasteiger partial charge on any atom is 0.0618 e. The van der Waals surface area contributed by atoms with Crippen LogP contribution in [0.2, 0.25) is 0 Å². The van der Waals surface area contributed by atoms with Crippen molar-refractivity contribution in [1.29, 1.82) is 0 Å². The molecule has 19 heavy (non-hydrogen) atoms. The molecule has 0 saturated carbocycles. The molecule has 1 aliphatic heterocycles. The smallest absolute Gasteiger partial charge is 0.0618 e. The molecule has 0 amide bonds. The monoisotopic (exact) mass is 265 g/mol. The van der Waals surface area contributed by atoms with E-state index in [-0.39, 0.29) is 6.04 Å². The number of hydrogen-bond acceptors (Lipinski definition) is 4. The van der Waals surface area contributed by atoms with E-state index in [0.717, 1.165) is 6.54 Å². The van der Waals surface area contributed by atoms with Gasteiger partial charge in [0.25, 0.3) is 0 Å². The van der Waals surface area contributed by atoms with E-state index in [4.69, 9.17) is 5.73 Å². The fourth-order valence-corrected chi connectivity index (χ4v) is 2.85. The Hall–Kier alpha value is -0.910. The number of rotatable bonds is 5. The molecule has 0 bridgehead atoms.